The molecule has 0 atom stereocenters. The first-order chi connectivity index (χ1) is 11.4. The highest BCUT2D eigenvalue weighted by molar-refractivity contribution is 9.10. The van der Waals surface area contributed by atoms with Crippen molar-refractivity contribution >= 4 is 34.8 Å². The average molecular weight is 405 g/mol. The van der Waals surface area contributed by atoms with E-state index >= 15 is 0 Å². The largest absolute Gasteiger partial charge is 0.360 e. The molecule has 0 fully saturated rings. The zero-order chi connectivity index (χ0) is 17.2. The molecule has 0 aliphatic carbocycles. The van der Waals surface area contributed by atoms with Gasteiger partial charge in [0, 0.05) is 37.2 Å². The third-order valence-electron chi connectivity index (χ3n) is 3.82. The first kappa shape index (κ1) is 17.3. The molecular formula is C17H21BrN4OSi. The summed E-state index contributed by atoms with van der Waals surface area (Å²) in [5.74, 6) is 0. The number of aromatic nitrogens is 4. The second kappa shape index (κ2) is 7.12. The highest BCUT2D eigenvalue weighted by atomic mass is 79.9. The van der Waals surface area contributed by atoms with Gasteiger partial charge in [-0.2, -0.15) is 10.2 Å². The van der Waals surface area contributed by atoms with Crippen LogP contribution in [-0.2, 0) is 11.5 Å². The van der Waals surface area contributed by atoms with Gasteiger partial charge < -0.3 is 4.74 Å². The zero-order valence-corrected chi connectivity index (χ0v) is 16.7. The van der Waals surface area contributed by atoms with Crippen LogP contribution in [0.2, 0.25) is 25.7 Å². The lowest BCUT2D eigenvalue weighted by atomic mass is 10.0. The molecule has 3 rings (SSSR count). The highest BCUT2D eigenvalue weighted by Gasteiger charge is 2.12. The maximum Gasteiger partial charge on any atom is 0.139 e. The van der Waals surface area contributed by atoms with Gasteiger partial charge in [-0.3, -0.25) is 0 Å². The summed E-state index contributed by atoms with van der Waals surface area (Å²) in [5, 5.41) is 14.6. The zero-order valence-electron chi connectivity index (χ0n) is 14.2. The van der Waals surface area contributed by atoms with Crippen LogP contribution in [0.5, 0.6) is 0 Å². The lowest BCUT2D eigenvalue weighted by Gasteiger charge is -2.15. The van der Waals surface area contributed by atoms with E-state index in [0.717, 1.165) is 39.2 Å². The predicted octanol–water partition coefficient (Wildman–Crippen LogP) is 4.57. The Kier molecular flexibility index (Phi) is 5.12. The van der Waals surface area contributed by atoms with E-state index in [1.54, 1.807) is 6.20 Å². The van der Waals surface area contributed by atoms with Crippen molar-refractivity contribution in [2.24, 2.45) is 0 Å². The van der Waals surface area contributed by atoms with E-state index in [-0.39, 0.29) is 0 Å². The van der Waals surface area contributed by atoms with Crippen molar-refractivity contribution in [1.82, 2.24) is 20.0 Å². The summed E-state index contributed by atoms with van der Waals surface area (Å²) >= 11 is 3.46. The molecule has 3 aromatic rings. The van der Waals surface area contributed by atoms with Crippen molar-refractivity contribution in [2.75, 3.05) is 6.61 Å². The van der Waals surface area contributed by atoms with Gasteiger partial charge in [0.05, 0.1) is 12.4 Å². The molecule has 0 bridgehead atoms. The fourth-order valence-electron chi connectivity index (χ4n) is 2.44. The number of fused-ring (bicyclic) bond motifs is 1. The molecule has 1 aromatic carbocycles. The van der Waals surface area contributed by atoms with E-state index < -0.39 is 8.07 Å². The molecular weight excluding hydrogens is 384 g/mol. The van der Waals surface area contributed by atoms with Crippen LogP contribution in [-0.4, -0.2) is 34.7 Å². The minimum atomic E-state index is -1.05. The van der Waals surface area contributed by atoms with Gasteiger partial charge in [0.15, 0.2) is 0 Å². The molecule has 7 heteroatoms. The van der Waals surface area contributed by atoms with Crippen LogP contribution >= 0.6 is 15.9 Å². The van der Waals surface area contributed by atoms with Gasteiger partial charge in [-0.05, 0) is 27.5 Å². The first-order valence-corrected chi connectivity index (χ1v) is 12.4. The number of rotatable bonds is 6. The summed E-state index contributed by atoms with van der Waals surface area (Å²) in [6, 6.07) is 7.29. The first-order valence-electron chi connectivity index (χ1n) is 7.94. The van der Waals surface area contributed by atoms with Crippen LogP contribution in [0.4, 0.5) is 0 Å². The van der Waals surface area contributed by atoms with Gasteiger partial charge in [0.25, 0.3) is 0 Å². The van der Waals surface area contributed by atoms with Gasteiger partial charge >= 0.3 is 0 Å². The van der Waals surface area contributed by atoms with E-state index in [0.29, 0.717) is 6.73 Å². The normalized spacial score (nSPS) is 12.0. The van der Waals surface area contributed by atoms with Crippen LogP contribution < -0.4 is 0 Å². The highest BCUT2D eigenvalue weighted by Crippen LogP contribution is 2.30. The molecule has 5 nitrogen and oxygen atoms in total. The summed E-state index contributed by atoms with van der Waals surface area (Å²) in [5.41, 5.74) is 2.14. The Morgan fingerprint density at radius 1 is 1.17 bits per heavy atom. The van der Waals surface area contributed by atoms with Crippen LogP contribution in [0.3, 0.4) is 0 Å². The molecule has 0 radical (unpaired) electrons. The molecule has 0 amide bonds. The summed E-state index contributed by atoms with van der Waals surface area (Å²) in [4.78, 5) is 0. The summed E-state index contributed by atoms with van der Waals surface area (Å²) < 4.78 is 8.35. The Morgan fingerprint density at radius 2 is 2.00 bits per heavy atom. The number of hydrogen-bond donors (Lipinski definition) is 0. The maximum atomic E-state index is 5.76. The van der Waals surface area contributed by atoms with Gasteiger partial charge in [-0.15, -0.1) is 5.10 Å². The molecule has 0 aliphatic rings. The number of ether oxygens (including phenoxy) is 1. The molecule has 0 unspecified atom stereocenters. The molecule has 0 saturated heterocycles. The predicted molar refractivity (Wildman–Crippen MR) is 103 cm³/mol. The van der Waals surface area contributed by atoms with Gasteiger partial charge in [0.1, 0.15) is 11.3 Å². The van der Waals surface area contributed by atoms with Gasteiger partial charge in [-0.1, -0.05) is 37.8 Å². The monoisotopic (exact) mass is 404 g/mol. The third kappa shape index (κ3) is 4.09. The molecule has 0 spiro atoms. The summed E-state index contributed by atoms with van der Waals surface area (Å²) in [6.07, 6.45) is 5.67. The molecule has 2 aromatic heterocycles. The lowest BCUT2D eigenvalue weighted by molar-refractivity contribution is 0.0786. The summed E-state index contributed by atoms with van der Waals surface area (Å²) in [6.45, 7) is 8.33. The minimum absolute atomic E-state index is 0.485. The van der Waals surface area contributed by atoms with E-state index in [1.807, 2.05) is 29.2 Å². The maximum absolute atomic E-state index is 5.76. The smallest absolute Gasteiger partial charge is 0.139 e. The van der Waals surface area contributed by atoms with Crippen LogP contribution in [0.1, 0.15) is 0 Å². The van der Waals surface area contributed by atoms with E-state index in [2.05, 4.69) is 56.9 Å². The Morgan fingerprint density at radius 3 is 2.79 bits per heavy atom. The molecule has 0 saturated carbocycles. The Labute approximate surface area is 151 Å². The second-order valence-corrected chi connectivity index (χ2v) is 13.4. The van der Waals surface area contributed by atoms with E-state index in [1.165, 1.54) is 0 Å². The van der Waals surface area contributed by atoms with Crippen molar-refractivity contribution in [3.05, 3.63) is 41.4 Å². The Bertz CT molecular complexity index is 844. The lowest BCUT2D eigenvalue weighted by Crippen LogP contribution is -2.22. The molecule has 0 N–H and O–H groups in total. The fourth-order valence-corrected chi connectivity index (χ4v) is 3.63. The van der Waals surface area contributed by atoms with Crippen LogP contribution in [0.25, 0.3) is 21.9 Å². The van der Waals surface area contributed by atoms with Gasteiger partial charge in [0.2, 0.25) is 0 Å². The van der Waals surface area contributed by atoms with Crippen molar-refractivity contribution in [2.45, 2.75) is 32.4 Å². The average Bonchev–Trinajstić information content (AvgIpc) is 2.99. The number of hydrogen-bond acceptors (Lipinski definition) is 4. The van der Waals surface area contributed by atoms with Crippen molar-refractivity contribution in [3.63, 3.8) is 0 Å². The van der Waals surface area contributed by atoms with Crippen molar-refractivity contribution < 1.29 is 4.74 Å². The van der Waals surface area contributed by atoms with Gasteiger partial charge in [-0.25, -0.2) is 4.68 Å². The quantitative estimate of drug-likeness (QED) is 0.445. The number of nitrogens with zero attached hydrogens (tertiary/aromatic N) is 4. The minimum Gasteiger partial charge on any atom is -0.360 e. The van der Waals surface area contributed by atoms with Crippen molar-refractivity contribution in [1.29, 1.82) is 0 Å². The molecule has 24 heavy (non-hydrogen) atoms. The molecule has 126 valence electrons. The van der Waals surface area contributed by atoms with Crippen LogP contribution in [0.15, 0.2) is 41.4 Å². The number of halogens is 1. The molecule has 2 heterocycles. The van der Waals surface area contributed by atoms with E-state index in [4.69, 9.17) is 4.74 Å². The number of benzene rings is 1. The van der Waals surface area contributed by atoms with Crippen LogP contribution in [0, 0.1) is 0 Å². The summed E-state index contributed by atoms with van der Waals surface area (Å²) in [7, 11) is -1.05. The van der Waals surface area contributed by atoms with Crippen molar-refractivity contribution in [3.8, 4) is 11.1 Å². The standard InChI is InChI=1S/C17H21BrN4OSi/c1-24(2,3)8-7-23-12-22-11-13(9-20-22)14-5-4-6-15-16(14)10-19-21-17(15)18/h4-6,9-11H,7-8,12H2,1-3H3. The SMILES string of the molecule is C[Si](C)(C)CCOCn1cc(-c2cccc3c(Br)nncc23)cn1. The second-order valence-electron chi connectivity index (χ2n) is 7.02. The van der Waals surface area contributed by atoms with E-state index in [9.17, 15) is 0 Å². The third-order valence-corrected chi connectivity index (χ3v) is 6.11. The topological polar surface area (TPSA) is 52.8 Å². The Hall–Kier alpha value is -1.57. The Balaban J connectivity index is 1.75. The fraction of sp³-hybridized carbons (Fsp3) is 0.353. The molecule has 0 aliphatic heterocycles.